The molecule has 0 aromatic carbocycles. The monoisotopic (exact) mass is 171 g/mol. The molecule has 0 heterocycles. The Morgan fingerprint density at radius 1 is 1.08 bits per heavy atom. The number of carbonyl (C=O) groups is 2. The van der Waals surface area contributed by atoms with Crippen molar-refractivity contribution in [3.05, 3.63) is 0 Å². The van der Waals surface area contributed by atoms with E-state index in [9.17, 15) is 9.59 Å². The molecule has 0 unspecified atom stereocenters. The Morgan fingerprint density at radius 2 is 1.58 bits per heavy atom. The molecule has 0 amide bonds. The fourth-order valence-electron chi connectivity index (χ4n) is 0.923. The van der Waals surface area contributed by atoms with Crippen LogP contribution in [0.15, 0.2) is 0 Å². The number of nitrogens with two attached hydrogens (primary N) is 1. The predicted octanol–water partition coefficient (Wildman–Crippen LogP) is 1.05. The van der Waals surface area contributed by atoms with Crippen molar-refractivity contribution in [1.29, 1.82) is 0 Å². The zero-order chi connectivity index (χ0) is 9.40. The highest BCUT2D eigenvalue weighted by atomic mass is 16.1. The minimum Gasteiger partial charge on any atom is -0.324 e. The van der Waals surface area contributed by atoms with Crippen LogP contribution in [-0.2, 0) is 9.59 Å². The molecule has 0 saturated carbocycles. The Bertz CT molecular complexity index is 137. The van der Waals surface area contributed by atoms with Crippen molar-refractivity contribution in [2.24, 2.45) is 5.73 Å². The van der Waals surface area contributed by atoms with Gasteiger partial charge in [-0.25, -0.2) is 0 Å². The molecule has 12 heavy (non-hydrogen) atoms. The van der Waals surface area contributed by atoms with Gasteiger partial charge in [0.1, 0.15) is 11.6 Å². The van der Waals surface area contributed by atoms with Gasteiger partial charge in [0.05, 0.1) is 6.54 Å². The molecule has 3 nitrogen and oxygen atoms in total. The Morgan fingerprint density at radius 3 is 2.00 bits per heavy atom. The van der Waals surface area contributed by atoms with Crippen molar-refractivity contribution in [3.8, 4) is 0 Å². The third kappa shape index (κ3) is 6.04. The van der Waals surface area contributed by atoms with Gasteiger partial charge in [-0.15, -0.1) is 0 Å². The first-order chi connectivity index (χ1) is 5.70. The number of hydrogen-bond donors (Lipinski definition) is 1. The van der Waals surface area contributed by atoms with E-state index in [2.05, 4.69) is 0 Å². The molecule has 0 spiro atoms. The van der Waals surface area contributed by atoms with Crippen LogP contribution >= 0.6 is 0 Å². The summed E-state index contributed by atoms with van der Waals surface area (Å²) in [5.41, 5.74) is 5.12. The highest BCUT2D eigenvalue weighted by molar-refractivity contribution is 5.80. The zero-order valence-electron chi connectivity index (χ0n) is 7.64. The number of Topliss-reactive ketones (excluding diaryl/α,β-unsaturated/α-hetero) is 2. The first kappa shape index (κ1) is 11.3. The van der Waals surface area contributed by atoms with Crippen molar-refractivity contribution in [1.82, 2.24) is 0 Å². The van der Waals surface area contributed by atoms with Gasteiger partial charge in [-0.1, -0.05) is 6.92 Å². The quantitative estimate of drug-likeness (QED) is 0.582. The summed E-state index contributed by atoms with van der Waals surface area (Å²) in [4.78, 5) is 21.5. The number of hydrogen-bond acceptors (Lipinski definition) is 3. The van der Waals surface area contributed by atoms with E-state index in [1.54, 1.807) is 0 Å². The van der Waals surface area contributed by atoms with Crippen LogP contribution in [0.2, 0.25) is 0 Å². The summed E-state index contributed by atoms with van der Waals surface area (Å²) in [6, 6.07) is 0. The molecule has 0 fully saturated rings. The summed E-state index contributed by atoms with van der Waals surface area (Å²) in [6.07, 6.45) is 3.34. The molecule has 0 aliphatic heterocycles. The lowest BCUT2D eigenvalue weighted by atomic mass is 10.1. The van der Waals surface area contributed by atoms with Crippen molar-refractivity contribution >= 4 is 11.6 Å². The zero-order valence-corrected chi connectivity index (χ0v) is 7.64. The van der Waals surface area contributed by atoms with Gasteiger partial charge >= 0.3 is 0 Å². The van der Waals surface area contributed by atoms with Crippen LogP contribution < -0.4 is 5.73 Å². The fourth-order valence-corrected chi connectivity index (χ4v) is 0.923. The second kappa shape index (κ2) is 6.98. The molecule has 0 aromatic heterocycles. The van der Waals surface area contributed by atoms with Gasteiger partial charge in [-0.05, 0) is 12.8 Å². The first-order valence-corrected chi connectivity index (χ1v) is 4.44. The lowest BCUT2D eigenvalue weighted by molar-refractivity contribution is -0.120. The highest BCUT2D eigenvalue weighted by Gasteiger charge is 2.00. The largest absolute Gasteiger partial charge is 0.324 e. The Labute approximate surface area is 73.3 Å². The molecule has 3 heteroatoms. The molecule has 0 aliphatic rings. The molecule has 0 saturated heterocycles. The number of carbonyl (C=O) groups excluding carboxylic acids is 2. The van der Waals surface area contributed by atoms with Crippen LogP contribution in [-0.4, -0.2) is 18.1 Å². The lowest BCUT2D eigenvalue weighted by Crippen LogP contribution is -2.12. The maximum Gasteiger partial charge on any atom is 0.146 e. The summed E-state index contributed by atoms with van der Waals surface area (Å²) in [7, 11) is 0. The topological polar surface area (TPSA) is 60.2 Å². The third-order valence-corrected chi connectivity index (χ3v) is 1.78. The fraction of sp³-hybridized carbons (Fsp3) is 0.778. The van der Waals surface area contributed by atoms with Crippen molar-refractivity contribution in [3.63, 3.8) is 0 Å². The van der Waals surface area contributed by atoms with Crippen LogP contribution in [0.25, 0.3) is 0 Å². The summed E-state index contributed by atoms with van der Waals surface area (Å²) in [5, 5.41) is 0. The second-order valence-electron chi connectivity index (χ2n) is 2.84. The number of ketones is 2. The second-order valence-corrected chi connectivity index (χ2v) is 2.84. The molecule has 0 aliphatic carbocycles. The Hall–Kier alpha value is -0.700. The van der Waals surface area contributed by atoms with Gasteiger partial charge in [0.15, 0.2) is 0 Å². The minimum atomic E-state index is 0.0824. The van der Waals surface area contributed by atoms with Gasteiger partial charge < -0.3 is 5.73 Å². The van der Waals surface area contributed by atoms with Gasteiger partial charge in [0.25, 0.3) is 0 Å². The average molecular weight is 171 g/mol. The molecule has 0 atom stereocenters. The van der Waals surface area contributed by atoms with E-state index in [1.807, 2.05) is 6.92 Å². The third-order valence-electron chi connectivity index (χ3n) is 1.78. The van der Waals surface area contributed by atoms with Crippen LogP contribution in [0.5, 0.6) is 0 Å². The first-order valence-electron chi connectivity index (χ1n) is 4.44. The summed E-state index contributed by atoms with van der Waals surface area (Å²) in [5.74, 6) is 0.356. The lowest BCUT2D eigenvalue weighted by Gasteiger charge is -1.97. The normalized spacial score (nSPS) is 9.83. The van der Waals surface area contributed by atoms with E-state index in [-0.39, 0.29) is 18.1 Å². The maximum absolute atomic E-state index is 10.8. The molecular formula is C9H17NO2. The van der Waals surface area contributed by atoms with Crippen LogP contribution in [0.1, 0.15) is 39.0 Å². The standard InChI is InChI=1S/C9H17NO2/c1-2-8(11)5-3-4-6-9(12)7-10/h2-7,10H2,1H3. The average Bonchev–Trinajstić information content (AvgIpc) is 2.11. The number of unbranched alkanes of at least 4 members (excludes halogenated alkanes) is 1. The SMILES string of the molecule is CCC(=O)CCCCC(=O)CN. The van der Waals surface area contributed by atoms with Crippen molar-refractivity contribution in [2.75, 3.05) is 6.54 Å². The smallest absolute Gasteiger partial charge is 0.146 e. The van der Waals surface area contributed by atoms with E-state index >= 15 is 0 Å². The summed E-state index contributed by atoms with van der Waals surface area (Å²) in [6.45, 7) is 1.98. The van der Waals surface area contributed by atoms with E-state index < -0.39 is 0 Å². The molecule has 2 N–H and O–H groups in total. The van der Waals surface area contributed by atoms with E-state index in [0.29, 0.717) is 19.3 Å². The predicted molar refractivity (Wildman–Crippen MR) is 47.8 cm³/mol. The molecule has 0 aromatic rings. The van der Waals surface area contributed by atoms with Gasteiger partial charge in [0.2, 0.25) is 0 Å². The van der Waals surface area contributed by atoms with Crippen LogP contribution in [0, 0.1) is 0 Å². The van der Waals surface area contributed by atoms with Gasteiger partial charge in [-0.2, -0.15) is 0 Å². The van der Waals surface area contributed by atoms with E-state index in [1.165, 1.54) is 0 Å². The molecular weight excluding hydrogens is 154 g/mol. The Balaban J connectivity index is 3.21. The molecule has 0 bridgehead atoms. The van der Waals surface area contributed by atoms with Gasteiger partial charge in [0, 0.05) is 19.3 Å². The van der Waals surface area contributed by atoms with Gasteiger partial charge in [-0.3, -0.25) is 9.59 Å². The van der Waals surface area contributed by atoms with Crippen LogP contribution in [0.3, 0.4) is 0 Å². The maximum atomic E-state index is 10.8. The Kier molecular flexibility index (Phi) is 6.57. The van der Waals surface area contributed by atoms with E-state index in [4.69, 9.17) is 5.73 Å². The minimum absolute atomic E-state index is 0.0824. The molecule has 70 valence electrons. The number of rotatable bonds is 7. The highest BCUT2D eigenvalue weighted by Crippen LogP contribution is 2.02. The van der Waals surface area contributed by atoms with E-state index in [0.717, 1.165) is 12.8 Å². The van der Waals surface area contributed by atoms with Crippen LogP contribution in [0.4, 0.5) is 0 Å². The summed E-state index contributed by atoms with van der Waals surface area (Å²) >= 11 is 0. The summed E-state index contributed by atoms with van der Waals surface area (Å²) < 4.78 is 0. The molecule has 0 radical (unpaired) electrons. The van der Waals surface area contributed by atoms with Crippen molar-refractivity contribution in [2.45, 2.75) is 39.0 Å². The molecule has 0 rings (SSSR count). The van der Waals surface area contributed by atoms with Crippen molar-refractivity contribution < 1.29 is 9.59 Å².